The van der Waals surface area contributed by atoms with Crippen molar-refractivity contribution in [2.45, 2.75) is 0 Å². The SMILES string of the molecule is [B]c1cc(C(=O)OC)ncc1Cl. The molecule has 0 saturated carbocycles. The van der Waals surface area contributed by atoms with Gasteiger partial charge in [0, 0.05) is 6.20 Å². The van der Waals surface area contributed by atoms with Gasteiger partial charge in [-0.3, -0.25) is 0 Å². The van der Waals surface area contributed by atoms with Crippen molar-refractivity contribution >= 4 is 30.9 Å². The van der Waals surface area contributed by atoms with Gasteiger partial charge in [-0.2, -0.15) is 0 Å². The molecule has 3 nitrogen and oxygen atoms in total. The first-order valence-electron chi connectivity index (χ1n) is 3.14. The number of methoxy groups -OCH3 is 1. The van der Waals surface area contributed by atoms with Crippen LogP contribution in [0.1, 0.15) is 10.5 Å². The predicted molar refractivity (Wildman–Crippen MR) is 46.0 cm³/mol. The maximum Gasteiger partial charge on any atom is 0.356 e. The molecule has 5 heteroatoms. The molecule has 0 aliphatic rings. The van der Waals surface area contributed by atoms with Gasteiger partial charge in [0.1, 0.15) is 13.5 Å². The molecule has 1 aromatic rings. The number of nitrogens with zero attached hydrogens (tertiary/aromatic N) is 1. The fourth-order valence-corrected chi connectivity index (χ4v) is 0.774. The predicted octanol–water partition coefficient (Wildman–Crippen LogP) is 0.315. The molecule has 1 rings (SSSR count). The third-order valence-electron chi connectivity index (χ3n) is 1.28. The first kappa shape index (κ1) is 9.07. The van der Waals surface area contributed by atoms with Crippen molar-refractivity contribution in [2.24, 2.45) is 0 Å². The van der Waals surface area contributed by atoms with Crippen LogP contribution in [-0.2, 0) is 4.74 Å². The molecule has 0 fully saturated rings. The smallest absolute Gasteiger partial charge is 0.356 e. The lowest BCUT2D eigenvalue weighted by Crippen LogP contribution is -2.12. The minimum absolute atomic E-state index is 0.152. The van der Waals surface area contributed by atoms with Gasteiger partial charge in [0.15, 0.2) is 0 Å². The van der Waals surface area contributed by atoms with Gasteiger partial charge >= 0.3 is 5.97 Å². The Morgan fingerprint density at radius 3 is 2.92 bits per heavy atom. The zero-order valence-electron chi connectivity index (χ0n) is 6.37. The molecule has 12 heavy (non-hydrogen) atoms. The van der Waals surface area contributed by atoms with Crippen LogP contribution in [0.2, 0.25) is 5.02 Å². The van der Waals surface area contributed by atoms with Gasteiger partial charge in [-0.1, -0.05) is 17.1 Å². The number of pyridine rings is 1. The normalized spacial score (nSPS) is 9.50. The Hall–Kier alpha value is -1.03. The van der Waals surface area contributed by atoms with Crippen LogP contribution >= 0.6 is 11.6 Å². The molecule has 0 atom stereocenters. The van der Waals surface area contributed by atoms with Crippen LogP contribution in [0, 0.1) is 0 Å². The van der Waals surface area contributed by atoms with Crippen molar-refractivity contribution in [1.29, 1.82) is 0 Å². The molecule has 0 aromatic carbocycles. The molecule has 0 aliphatic heterocycles. The summed E-state index contributed by atoms with van der Waals surface area (Å²) in [5, 5.41) is 0.322. The minimum Gasteiger partial charge on any atom is -0.464 e. The Morgan fingerprint density at radius 1 is 1.75 bits per heavy atom. The van der Waals surface area contributed by atoms with Crippen molar-refractivity contribution < 1.29 is 9.53 Å². The summed E-state index contributed by atoms with van der Waals surface area (Å²) in [4.78, 5) is 14.6. The average Bonchev–Trinajstić information content (AvgIpc) is 2.08. The molecule has 0 bridgehead atoms. The summed E-state index contributed by atoms with van der Waals surface area (Å²) in [6.45, 7) is 0. The van der Waals surface area contributed by atoms with E-state index in [4.69, 9.17) is 19.4 Å². The highest BCUT2D eigenvalue weighted by Crippen LogP contribution is 2.03. The fourth-order valence-electron chi connectivity index (χ4n) is 0.670. The van der Waals surface area contributed by atoms with E-state index in [1.165, 1.54) is 19.4 Å². The minimum atomic E-state index is -0.529. The lowest BCUT2D eigenvalue weighted by Gasteiger charge is -2.00. The Kier molecular flexibility index (Phi) is 2.71. The molecule has 60 valence electrons. The van der Waals surface area contributed by atoms with Gasteiger partial charge < -0.3 is 4.74 Å². The zero-order valence-corrected chi connectivity index (χ0v) is 7.13. The Morgan fingerprint density at radius 2 is 2.42 bits per heavy atom. The number of hydrogen-bond acceptors (Lipinski definition) is 3. The maximum atomic E-state index is 10.9. The van der Waals surface area contributed by atoms with Crippen LogP contribution < -0.4 is 5.46 Å². The molecule has 0 unspecified atom stereocenters. The number of carbonyl (C=O) groups excluding carboxylic acids is 1. The van der Waals surface area contributed by atoms with Crippen molar-refractivity contribution in [3.05, 3.63) is 23.0 Å². The van der Waals surface area contributed by atoms with Crippen molar-refractivity contribution in [2.75, 3.05) is 7.11 Å². The van der Waals surface area contributed by atoms with E-state index in [1.54, 1.807) is 0 Å². The summed E-state index contributed by atoms with van der Waals surface area (Å²) in [5.41, 5.74) is 0.464. The molecule has 0 spiro atoms. The number of ether oxygens (including phenoxy) is 1. The summed E-state index contributed by atoms with van der Waals surface area (Å²) in [7, 11) is 6.71. The summed E-state index contributed by atoms with van der Waals surface area (Å²) >= 11 is 5.59. The molecule has 0 aliphatic carbocycles. The highest BCUT2D eigenvalue weighted by atomic mass is 35.5. The molecule has 2 radical (unpaired) electrons. The van der Waals surface area contributed by atoms with Gasteiger partial charge in [-0.25, -0.2) is 9.78 Å². The van der Waals surface area contributed by atoms with Gasteiger partial charge in [0.2, 0.25) is 0 Å². The molecular formula is C7H5BClNO2. The number of hydrogen-bond donors (Lipinski definition) is 0. The molecule has 1 heterocycles. The Bertz CT molecular complexity index is 316. The maximum absolute atomic E-state index is 10.9. The van der Waals surface area contributed by atoms with E-state index in [0.717, 1.165) is 0 Å². The van der Waals surface area contributed by atoms with Crippen molar-refractivity contribution in [3.63, 3.8) is 0 Å². The van der Waals surface area contributed by atoms with Crippen LogP contribution in [0.5, 0.6) is 0 Å². The topological polar surface area (TPSA) is 39.2 Å². The van der Waals surface area contributed by atoms with E-state index in [1.807, 2.05) is 0 Å². The van der Waals surface area contributed by atoms with E-state index in [2.05, 4.69) is 9.72 Å². The van der Waals surface area contributed by atoms with Crippen LogP contribution in [0.4, 0.5) is 0 Å². The quantitative estimate of drug-likeness (QED) is 0.462. The number of aromatic nitrogens is 1. The fraction of sp³-hybridized carbons (Fsp3) is 0.143. The second kappa shape index (κ2) is 3.58. The molecule has 0 amide bonds. The lowest BCUT2D eigenvalue weighted by atomic mass is 9.97. The first-order chi connectivity index (χ1) is 5.65. The van der Waals surface area contributed by atoms with Crippen LogP contribution in [0.3, 0.4) is 0 Å². The lowest BCUT2D eigenvalue weighted by molar-refractivity contribution is 0.0594. The Balaban J connectivity index is 3.05. The van der Waals surface area contributed by atoms with Crippen molar-refractivity contribution in [1.82, 2.24) is 4.98 Å². The number of rotatable bonds is 1. The summed E-state index contributed by atoms with van der Waals surface area (Å²) in [5.74, 6) is -0.529. The van der Waals surface area contributed by atoms with E-state index in [-0.39, 0.29) is 5.69 Å². The number of esters is 1. The van der Waals surface area contributed by atoms with Crippen LogP contribution in [-0.4, -0.2) is 25.9 Å². The van der Waals surface area contributed by atoms with E-state index < -0.39 is 5.97 Å². The molecule has 1 aromatic heterocycles. The largest absolute Gasteiger partial charge is 0.464 e. The average molecular weight is 181 g/mol. The van der Waals surface area contributed by atoms with Gasteiger partial charge in [0.05, 0.1) is 12.1 Å². The Labute approximate surface area is 76.1 Å². The third-order valence-corrected chi connectivity index (χ3v) is 1.60. The highest BCUT2D eigenvalue weighted by Gasteiger charge is 2.07. The van der Waals surface area contributed by atoms with Gasteiger partial charge in [-0.05, 0) is 6.07 Å². The van der Waals surface area contributed by atoms with Crippen LogP contribution in [0.15, 0.2) is 12.3 Å². The van der Waals surface area contributed by atoms with E-state index in [9.17, 15) is 4.79 Å². The highest BCUT2D eigenvalue weighted by molar-refractivity contribution is 6.45. The molecule has 0 saturated heterocycles. The summed E-state index contributed by atoms with van der Waals surface area (Å²) in [6, 6.07) is 1.37. The van der Waals surface area contributed by atoms with E-state index in [0.29, 0.717) is 10.5 Å². The molecular weight excluding hydrogens is 176 g/mol. The van der Waals surface area contributed by atoms with Gasteiger partial charge in [0.25, 0.3) is 0 Å². The summed E-state index contributed by atoms with van der Waals surface area (Å²) < 4.78 is 4.43. The van der Waals surface area contributed by atoms with E-state index >= 15 is 0 Å². The monoisotopic (exact) mass is 181 g/mol. The second-order valence-electron chi connectivity index (χ2n) is 2.08. The number of carbonyl (C=O) groups is 1. The second-order valence-corrected chi connectivity index (χ2v) is 2.49. The first-order valence-corrected chi connectivity index (χ1v) is 3.52. The zero-order chi connectivity index (χ0) is 9.14. The third kappa shape index (κ3) is 1.77. The number of halogens is 1. The van der Waals surface area contributed by atoms with Gasteiger partial charge in [-0.15, -0.1) is 0 Å². The standard InChI is InChI=1S/C7H5BClNO2/c1-12-7(11)6-2-4(8)5(9)3-10-6/h2-3H,1H3. The molecule has 0 N–H and O–H groups in total. The summed E-state index contributed by atoms with van der Waals surface area (Å²) in [6.07, 6.45) is 1.31. The van der Waals surface area contributed by atoms with Crippen LogP contribution in [0.25, 0.3) is 0 Å². The van der Waals surface area contributed by atoms with Crippen molar-refractivity contribution in [3.8, 4) is 0 Å².